The lowest BCUT2D eigenvalue weighted by Gasteiger charge is -2.10. The van der Waals surface area contributed by atoms with Crippen LogP contribution in [0.15, 0.2) is 36.7 Å². The van der Waals surface area contributed by atoms with E-state index < -0.39 is 0 Å². The lowest BCUT2D eigenvalue weighted by atomic mass is 9.99. The predicted molar refractivity (Wildman–Crippen MR) is 64.8 cm³/mol. The molecule has 0 saturated carbocycles. The first kappa shape index (κ1) is 10.7. The molecule has 1 aromatic heterocycles. The van der Waals surface area contributed by atoms with Crippen LogP contribution in [0.1, 0.15) is 27.0 Å². The van der Waals surface area contributed by atoms with Crippen molar-refractivity contribution in [2.45, 2.75) is 20.8 Å². The Hall–Kier alpha value is -1.83. The quantitative estimate of drug-likeness (QED) is 0.713. The monoisotopic (exact) mass is 213 g/mol. The van der Waals surface area contributed by atoms with E-state index in [2.05, 4.69) is 0 Å². The largest absolute Gasteiger partial charge is 0.291 e. The minimum atomic E-state index is 0.0417. The molecule has 0 atom stereocenters. The number of carbonyl (C=O) groups excluding carboxylic acids is 1. The second-order valence-corrected chi connectivity index (χ2v) is 4.17. The summed E-state index contributed by atoms with van der Waals surface area (Å²) >= 11 is 0. The summed E-state index contributed by atoms with van der Waals surface area (Å²) in [6, 6.07) is 7.81. The molecule has 16 heavy (non-hydrogen) atoms. The summed E-state index contributed by atoms with van der Waals surface area (Å²) in [5, 5.41) is 0. The second kappa shape index (κ2) is 3.97. The number of carbonyl (C=O) groups is 1. The molecule has 0 radical (unpaired) electrons. The Morgan fingerprint density at radius 1 is 1.00 bits per heavy atom. The molecule has 0 N–H and O–H groups in total. The van der Waals surface area contributed by atoms with E-state index in [0.29, 0.717) is 0 Å². The van der Waals surface area contributed by atoms with Crippen molar-refractivity contribution in [1.29, 1.82) is 0 Å². The summed E-state index contributed by atoms with van der Waals surface area (Å²) in [7, 11) is 0. The number of rotatable bonds is 1. The zero-order valence-electron chi connectivity index (χ0n) is 9.82. The zero-order chi connectivity index (χ0) is 11.7. The topological polar surface area (TPSA) is 22.0 Å². The Balaban J connectivity index is 2.53. The maximum absolute atomic E-state index is 12.2. The standard InChI is InChI=1S/C14H15NO/c1-10-8-11(2)13(12(3)9-10)14(16)15-6-4-5-7-15/h4-9H,1-3H3. The van der Waals surface area contributed by atoms with Gasteiger partial charge in [0.15, 0.2) is 0 Å². The summed E-state index contributed by atoms with van der Waals surface area (Å²) in [6.07, 6.45) is 3.56. The molecule has 2 aromatic rings. The van der Waals surface area contributed by atoms with E-state index in [9.17, 15) is 4.79 Å². The van der Waals surface area contributed by atoms with Gasteiger partial charge in [0.2, 0.25) is 0 Å². The van der Waals surface area contributed by atoms with E-state index in [0.717, 1.165) is 16.7 Å². The number of aromatic nitrogens is 1. The predicted octanol–water partition coefficient (Wildman–Crippen LogP) is 3.10. The molecule has 0 spiro atoms. The van der Waals surface area contributed by atoms with E-state index in [1.54, 1.807) is 17.0 Å². The fourth-order valence-corrected chi connectivity index (χ4v) is 2.12. The fraction of sp³-hybridized carbons (Fsp3) is 0.214. The van der Waals surface area contributed by atoms with Gasteiger partial charge in [-0.2, -0.15) is 0 Å². The summed E-state index contributed by atoms with van der Waals surface area (Å²) in [5.41, 5.74) is 4.08. The third kappa shape index (κ3) is 1.78. The van der Waals surface area contributed by atoms with Crippen molar-refractivity contribution in [3.8, 4) is 0 Å². The average molecular weight is 213 g/mol. The molecular weight excluding hydrogens is 198 g/mol. The molecule has 2 rings (SSSR count). The molecule has 0 unspecified atom stereocenters. The third-order valence-corrected chi connectivity index (χ3v) is 2.73. The highest BCUT2D eigenvalue weighted by Crippen LogP contribution is 2.17. The molecule has 2 heteroatoms. The molecule has 0 aliphatic carbocycles. The third-order valence-electron chi connectivity index (χ3n) is 2.73. The molecule has 0 bridgehead atoms. The van der Waals surface area contributed by atoms with Crippen molar-refractivity contribution in [3.63, 3.8) is 0 Å². The molecule has 82 valence electrons. The molecular formula is C14H15NO. The number of benzene rings is 1. The highest BCUT2D eigenvalue weighted by atomic mass is 16.2. The van der Waals surface area contributed by atoms with Gasteiger partial charge in [0.05, 0.1) is 0 Å². The number of hydrogen-bond donors (Lipinski definition) is 0. The van der Waals surface area contributed by atoms with Crippen LogP contribution in [-0.4, -0.2) is 10.5 Å². The van der Waals surface area contributed by atoms with Crippen LogP contribution >= 0.6 is 0 Å². The first-order chi connectivity index (χ1) is 7.59. The van der Waals surface area contributed by atoms with E-state index in [1.165, 1.54) is 5.56 Å². The summed E-state index contributed by atoms with van der Waals surface area (Å²) < 4.78 is 1.62. The molecule has 1 heterocycles. The minimum absolute atomic E-state index is 0.0417. The SMILES string of the molecule is Cc1cc(C)c(C(=O)n2cccc2)c(C)c1. The molecule has 0 saturated heterocycles. The van der Waals surface area contributed by atoms with Crippen molar-refractivity contribution in [2.75, 3.05) is 0 Å². The Kier molecular flexibility index (Phi) is 2.65. The van der Waals surface area contributed by atoms with Gasteiger partial charge in [-0.3, -0.25) is 9.36 Å². The van der Waals surface area contributed by atoms with Crippen molar-refractivity contribution >= 4 is 5.91 Å². The molecule has 0 fully saturated rings. The van der Waals surface area contributed by atoms with Crippen LogP contribution in [0.5, 0.6) is 0 Å². The normalized spacial score (nSPS) is 10.4. The van der Waals surface area contributed by atoms with E-state index in [4.69, 9.17) is 0 Å². The average Bonchev–Trinajstić information content (AvgIpc) is 2.67. The first-order valence-corrected chi connectivity index (χ1v) is 5.35. The van der Waals surface area contributed by atoms with Crippen molar-refractivity contribution in [3.05, 3.63) is 58.9 Å². The van der Waals surface area contributed by atoms with Gasteiger partial charge in [-0.15, -0.1) is 0 Å². The van der Waals surface area contributed by atoms with Gasteiger partial charge >= 0.3 is 0 Å². The maximum Gasteiger partial charge on any atom is 0.262 e. The zero-order valence-corrected chi connectivity index (χ0v) is 9.82. The molecule has 2 nitrogen and oxygen atoms in total. The first-order valence-electron chi connectivity index (χ1n) is 5.35. The van der Waals surface area contributed by atoms with Gasteiger partial charge in [0.25, 0.3) is 5.91 Å². The van der Waals surface area contributed by atoms with Crippen LogP contribution in [0.3, 0.4) is 0 Å². The van der Waals surface area contributed by atoms with E-state index in [-0.39, 0.29) is 5.91 Å². The number of hydrogen-bond acceptors (Lipinski definition) is 1. The highest BCUT2D eigenvalue weighted by Gasteiger charge is 2.13. The fourth-order valence-electron chi connectivity index (χ4n) is 2.12. The Bertz CT molecular complexity index is 501. The highest BCUT2D eigenvalue weighted by molar-refractivity contribution is 5.98. The maximum atomic E-state index is 12.2. The van der Waals surface area contributed by atoms with Gasteiger partial charge in [-0.25, -0.2) is 0 Å². The Morgan fingerprint density at radius 3 is 2.00 bits per heavy atom. The van der Waals surface area contributed by atoms with Gasteiger partial charge < -0.3 is 0 Å². The van der Waals surface area contributed by atoms with Crippen LogP contribution in [0.2, 0.25) is 0 Å². The smallest absolute Gasteiger partial charge is 0.262 e. The molecule has 0 aliphatic rings. The van der Waals surface area contributed by atoms with E-state index >= 15 is 0 Å². The Labute approximate surface area is 95.5 Å². The Morgan fingerprint density at radius 2 is 1.50 bits per heavy atom. The number of nitrogens with zero attached hydrogens (tertiary/aromatic N) is 1. The second-order valence-electron chi connectivity index (χ2n) is 4.17. The molecule has 0 aliphatic heterocycles. The lowest BCUT2D eigenvalue weighted by molar-refractivity contribution is 0.0959. The van der Waals surface area contributed by atoms with Crippen molar-refractivity contribution in [2.24, 2.45) is 0 Å². The molecule has 0 amide bonds. The van der Waals surface area contributed by atoms with Crippen LogP contribution in [0, 0.1) is 20.8 Å². The van der Waals surface area contributed by atoms with E-state index in [1.807, 2.05) is 45.0 Å². The summed E-state index contributed by atoms with van der Waals surface area (Å²) in [4.78, 5) is 12.2. The van der Waals surface area contributed by atoms with Gasteiger partial charge in [0, 0.05) is 18.0 Å². The lowest BCUT2D eigenvalue weighted by Crippen LogP contribution is -2.13. The number of aryl methyl sites for hydroxylation is 3. The van der Waals surface area contributed by atoms with Gasteiger partial charge in [0.1, 0.15) is 0 Å². The summed E-state index contributed by atoms with van der Waals surface area (Å²) in [6.45, 7) is 6.01. The molecule has 1 aromatic carbocycles. The summed E-state index contributed by atoms with van der Waals surface area (Å²) in [5.74, 6) is 0.0417. The minimum Gasteiger partial charge on any atom is -0.291 e. The van der Waals surface area contributed by atoms with Crippen LogP contribution in [0.4, 0.5) is 0 Å². The van der Waals surface area contributed by atoms with Gasteiger partial charge in [-0.05, 0) is 44.0 Å². The van der Waals surface area contributed by atoms with Crippen LogP contribution in [-0.2, 0) is 0 Å². The van der Waals surface area contributed by atoms with Crippen molar-refractivity contribution < 1.29 is 4.79 Å². The van der Waals surface area contributed by atoms with Crippen LogP contribution < -0.4 is 0 Å². The van der Waals surface area contributed by atoms with Gasteiger partial charge in [-0.1, -0.05) is 17.7 Å². The van der Waals surface area contributed by atoms with Crippen molar-refractivity contribution in [1.82, 2.24) is 4.57 Å². The van der Waals surface area contributed by atoms with Crippen LogP contribution in [0.25, 0.3) is 0 Å².